The van der Waals surface area contributed by atoms with E-state index in [-0.39, 0.29) is 29.5 Å². The minimum absolute atomic E-state index is 0.00972. The van der Waals surface area contributed by atoms with Gasteiger partial charge in [0.1, 0.15) is 11.5 Å². The van der Waals surface area contributed by atoms with Gasteiger partial charge in [-0.05, 0) is 19.3 Å². The van der Waals surface area contributed by atoms with Gasteiger partial charge in [0.25, 0.3) is 11.5 Å². The zero-order chi connectivity index (χ0) is 15.5. The molecule has 3 rings (SSSR count). The van der Waals surface area contributed by atoms with E-state index in [1.807, 2.05) is 0 Å². The Balaban J connectivity index is 1.82. The molecule has 0 bridgehead atoms. The number of hydrogen-bond donors (Lipinski definition) is 3. The quantitative estimate of drug-likeness (QED) is 0.681. The van der Waals surface area contributed by atoms with Crippen LogP contribution in [0.5, 0.6) is 0 Å². The molecule has 3 N–H and O–H groups in total. The van der Waals surface area contributed by atoms with Crippen LogP contribution in [0.4, 0.5) is 5.69 Å². The maximum atomic E-state index is 12.2. The normalized spacial score (nSPS) is 18.0. The Hall–Kier alpha value is -2.38. The summed E-state index contributed by atoms with van der Waals surface area (Å²) in [4.78, 5) is 44.8. The van der Waals surface area contributed by atoms with Crippen LogP contribution < -0.4 is 16.2 Å². The summed E-state index contributed by atoms with van der Waals surface area (Å²) in [5.74, 6) is -0.222. The number of carbonyl (C=O) groups excluding carboxylic acids is 2. The van der Waals surface area contributed by atoms with E-state index in [9.17, 15) is 14.4 Å². The summed E-state index contributed by atoms with van der Waals surface area (Å²) in [5, 5.41) is 5.54. The van der Waals surface area contributed by atoms with E-state index in [2.05, 4.69) is 20.6 Å². The van der Waals surface area contributed by atoms with Gasteiger partial charge in [-0.2, -0.15) is 0 Å². The first-order valence-corrected chi connectivity index (χ1v) is 7.58. The van der Waals surface area contributed by atoms with Crippen LogP contribution in [0.3, 0.4) is 0 Å². The van der Waals surface area contributed by atoms with E-state index >= 15 is 0 Å². The molecule has 3 heterocycles. The number of fused-ring (bicyclic) bond motifs is 1. The van der Waals surface area contributed by atoms with Gasteiger partial charge in [0.2, 0.25) is 5.91 Å². The first kappa shape index (κ1) is 14.6. The minimum Gasteiger partial charge on any atom is -0.377 e. The molecule has 0 atom stereocenters. The molecule has 0 unspecified atom stereocenters. The van der Waals surface area contributed by atoms with E-state index in [0.29, 0.717) is 13.1 Å². The van der Waals surface area contributed by atoms with Gasteiger partial charge in [0, 0.05) is 26.2 Å². The topological polar surface area (TPSA) is 107 Å². The van der Waals surface area contributed by atoms with Crippen molar-refractivity contribution in [1.29, 1.82) is 0 Å². The van der Waals surface area contributed by atoms with Crippen molar-refractivity contribution in [3.63, 3.8) is 0 Å². The highest BCUT2D eigenvalue weighted by atomic mass is 16.2. The van der Waals surface area contributed by atoms with E-state index < -0.39 is 11.5 Å². The molecule has 0 aromatic carbocycles. The predicted octanol–water partition coefficient (Wildman–Crippen LogP) is -0.520. The SMILES string of the molecule is O=C1NCCNc2c1nc(CC(=O)N1CCCCC1)[nH]c2=O. The number of hydrogen-bond acceptors (Lipinski definition) is 5. The first-order chi connectivity index (χ1) is 10.6. The molecule has 2 amide bonds. The second-order valence-corrected chi connectivity index (χ2v) is 5.54. The fourth-order valence-corrected chi connectivity index (χ4v) is 2.78. The van der Waals surface area contributed by atoms with E-state index in [4.69, 9.17) is 0 Å². The van der Waals surface area contributed by atoms with Crippen molar-refractivity contribution in [3.8, 4) is 0 Å². The van der Waals surface area contributed by atoms with E-state index in [1.54, 1.807) is 4.90 Å². The van der Waals surface area contributed by atoms with Crippen LogP contribution >= 0.6 is 0 Å². The molecular formula is C14H19N5O3. The highest BCUT2D eigenvalue weighted by molar-refractivity contribution is 5.98. The van der Waals surface area contributed by atoms with Crippen molar-refractivity contribution < 1.29 is 9.59 Å². The lowest BCUT2D eigenvalue weighted by Crippen LogP contribution is -2.37. The zero-order valence-corrected chi connectivity index (χ0v) is 12.3. The molecular weight excluding hydrogens is 286 g/mol. The Morgan fingerprint density at radius 3 is 2.59 bits per heavy atom. The van der Waals surface area contributed by atoms with Gasteiger partial charge >= 0.3 is 0 Å². The number of amides is 2. The fourth-order valence-electron chi connectivity index (χ4n) is 2.78. The third-order valence-corrected chi connectivity index (χ3v) is 3.92. The molecule has 2 aliphatic rings. The summed E-state index contributed by atoms with van der Waals surface area (Å²) in [5.41, 5.74) is -0.185. The zero-order valence-electron chi connectivity index (χ0n) is 12.3. The average Bonchev–Trinajstić information content (AvgIpc) is 2.71. The highest BCUT2D eigenvalue weighted by Crippen LogP contribution is 2.12. The largest absolute Gasteiger partial charge is 0.377 e. The molecule has 1 fully saturated rings. The van der Waals surface area contributed by atoms with Crippen LogP contribution in [0.25, 0.3) is 0 Å². The lowest BCUT2D eigenvalue weighted by molar-refractivity contribution is -0.131. The molecule has 118 valence electrons. The lowest BCUT2D eigenvalue weighted by atomic mass is 10.1. The third kappa shape index (κ3) is 2.95. The summed E-state index contributed by atoms with van der Waals surface area (Å²) >= 11 is 0. The Morgan fingerprint density at radius 2 is 1.82 bits per heavy atom. The van der Waals surface area contributed by atoms with Crippen LogP contribution in [0.1, 0.15) is 35.6 Å². The predicted molar refractivity (Wildman–Crippen MR) is 79.8 cm³/mol. The van der Waals surface area contributed by atoms with Crippen LogP contribution in [0.15, 0.2) is 4.79 Å². The number of aromatic amines is 1. The molecule has 0 spiro atoms. The van der Waals surface area contributed by atoms with Crippen molar-refractivity contribution in [2.24, 2.45) is 0 Å². The van der Waals surface area contributed by atoms with Crippen LogP contribution in [0.2, 0.25) is 0 Å². The number of carbonyl (C=O) groups is 2. The summed E-state index contributed by atoms with van der Waals surface area (Å²) in [6.45, 7) is 2.39. The number of rotatable bonds is 2. The number of anilines is 1. The summed E-state index contributed by atoms with van der Waals surface area (Å²) in [7, 11) is 0. The standard InChI is InChI=1S/C14H19N5O3/c20-10(19-6-2-1-3-7-19)8-9-17-12-11(14(22)18-9)15-4-5-16-13(12)21/h15H,1-8H2,(H,16,21)(H,17,18,22). The molecule has 2 aliphatic heterocycles. The molecule has 8 heteroatoms. The van der Waals surface area contributed by atoms with Crippen molar-refractivity contribution >= 4 is 17.5 Å². The van der Waals surface area contributed by atoms with E-state index in [1.165, 1.54) is 0 Å². The molecule has 22 heavy (non-hydrogen) atoms. The van der Waals surface area contributed by atoms with E-state index in [0.717, 1.165) is 32.4 Å². The maximum Gasteiger partial charge on any atom is 0.275 e. The summed E-state index contributed by atoms with van der Waals surface area (Å²) < 4.78 is 0. The molecule has 1 saturated heterocycles. The number of nitrogens with one attached hydrogen (secondary N) is 3. The third-order valence-electron chi connectivity index (χ3n) is 3.92. The number of H-pyrrole nitrogens is 1. The van der Waals surface area contributed by atoms with Gasteiger partial charge in [-0.25, -0.2) is 4.98 Å². The smallest absolute Gasteiger partial charge is 0.275 e. The molecule has 0 radical (unpaired) electrons. The van der Waals surface area contributed by atoms with Gasteiger partial charge in [0.15, 0.2) is 5.69 Å². The number of nitrogens with zero attached hydrogens (tertiary/aromatic N) is 2. The van der Waals surface area contributed by atoms with Gasteiger partial charge < -0.3 is 20.5 Å². The van der Waals surface area contributed by atoms with Gasteiger partial charge in [0.05, 0.1) is 6.42 Å². The number of piperidine rings is 1. The Morgan fingerprint density at radius 1 is 1.09 bits per heavy atom. The molecule has 1 aromatic heterocycles. The van der Waals surface area contributed by atoms with Gasteiger partial charge in [-0.1, -0.05) is 0 Å². The monoisotopic (exact) mass is 305 g/mol. The summed E-state index contributed by atoms with van der Waals surface area (Å²) in [6, 6.07) is 0. The van der Waals surface area contributed by atoms with Crippen LogP contribution in [0, 0.1) is 0 Å². The second kappa shape index (κ2) is 6.17. The Labute approximate surface area is 127 Å². The number of likely N-dealkylation sites (tertiary alicyclic amines) is 1. The second-order valence-electron chi connectivity index (χ2n) is 5.54. The van der Waals surface area contributed by atoms with Crippen molar-refractivity contribution in [2.75, 3.05) is 31.5 Å². The Kier molecular flexibility index (Phi) is 4.08. The average molecular weight is 305 g/mol. The first-order valence-electron chi connectivity index (χ1n) is 7.58. The summed E-state index contributed by atoms with van der Waals surface area (Å²) in [6.07, 6.45) is 3.16. The van der Waals surface area contributed by atoms with Crippen molar-refractivity contribution in [2.45, 2.75) is 25.7 Å². The minimum atomic E-state index is -0.413. The fraction of sp³-hybridized carbons (Fsp3) is 0.571. The van der Waals surface area contributed by atoms with Crippen molar-refractivity contribution in [3.05, 3.63) is 21.9 Å². The molecule has 8 nitrogen and oxygen atoms in total. The lowest BCUT2D eigenvalue weighted by Gasteiger charge is -2.26. The molecule has 0 aliphatic carbocycles. The van der Waals surface area contributed by atoms with Crippen LogP contribution in [-0.2, 0) is 11.2 Å². The number of aromatic nitrogens is 2. The van der Waals surface area contributed by atoms with Crippen molar-refractivity contribution in [1.82, 2.24) is 20.2 Å². The Bertz CT molecular complexity index is 648. The molecule has 0 saturated carbocycles. The van der Waals surface area contributed by atoms with Gasteiger partial charge in [-0.3, -0.25) is 14.4 Å². The van der Waals surface area contributed by atoms with Crippen LogP contribution in [-0.4, -0.2) is 52.9 Å². The highest BCUT2D eigenvalue weighted by Gasteiger charge is 2.23. The molecule has 1 aromatic rings. The van der Waals surface area contributed by atoms with Gasteiger partial charge in [-0.15, -0.1) is 0 Å². The maximum absolute atomic E-state index is 12.2.